The fraction of sp³-hybridized carbons (Fsp3) is 0.174. The van der Waals surface area contributed by atoms with Gasteiger partial charge in [0.1, 0.15) is 0 Å². The molecular formula is C23H21N3O3S. The molecule has 4 rings (SSSR count). The summed E-state index contributed by atoms with van der Waals surface area (Å²) in [7, 11) is 1.66. The van der Waals surface area contributed by atoms with Crippen LogP contribution in [0.4, 0.5) is 17.1 Å². The van der Waals surface area contributed by atoms with Crippen molar-refractivity contribution in [3.05, 3.63) is 76.5 Å². The van der Waals surface area contributed by atoms with E-state index in [4.69, 9.17) is 0 Å². The van der Waals surface area contributed by atoms with Gasteiger partial charge in [-0.15, -0.1) is 11.3 Å². The van der Waals surface area contributed by atoms with E-state index in [0.29, 0.717) is 27.5 Å². The maximum Gasteiger partial charge on any atom is 0.268 e. The van der Waals surface area contributed by atoms with Crippen LogP contribution in [0.2, 0.25) is 0 Å². The summed E-state index contributed by atoms with van der Waals surface area (Å²) in [4.78, 5) is 39.5. The van der Waals surface area contributed by atoms with Gasteiger partial charge in [-0.05, 0) is 60.7 Å². The van der Waals surface area contributed by atoms with Crippen LogP contribution in [0.1, 0.15) is 32.9 Å². The van der Waals surface area contributed by atoms with Gasteiger partial charge in [0.15, 0.2) is 0 Å². The first-order valence-electron chi connectivity index (χ1n) is 9.66. The third-order valence-electron chi connectivity index (χ3n) is 4.91. The van der Waals surface area contributed by atoms with E-state index < -0.39 is 0 Å². The number of thiophene rings is 1. The highest BCUT2D eigenvalue weighted by Gasteiger charge is 2.29. The highest BCUT2D eigenvalue weighted by atomic mass is 32.1. The van der Waals surface area contributed by atoms with Gasteiger partial charge >= 0.3 is 0 Å². The van der Waals surface area contributed by atoms with Crippen LogP contribution in [0.5, 0.6) is 0 Å². The molecule has 1 fully saturated rings. The molecule has 3 amide bonds. The average molecular weight is 420 g/mol. The van der Waals surface area contributed by atoms with Crippen molar-refractivity contribution in [2.45, 2.75) is 12.8 Å². The Kier molecular flexibility index (Phi) is 5.63. The monoisotopic (exact) mass is 419 g/mol. The van der Waals surface area contributed by atoms with Gasteiger partial charge in [0.2, 0.25) is 5.91 Å². The average Bonchev–Trinajstić information content (AvgIpc) is 3.48. The molecule has 1 saturated carbocycles. The number of para-hydroxylation sites is 1. The number of carbonyl (C=O) groups excluding carboxylic acids is 3. The zero-order valence-corrected chi connectivity index (χ0v) is 17.2. The zero-order chi connectivity index (χ0) is 21.1. The van der Waals surface area contributed by atoms with E-state index in [1.165, 1.54) is 16.2 Å². The Labute approximate surface area is 178 Å². The maximum absolute atomic E-state index is 12.9. The van der Waals surface area contributed by atoms with Crippen molar-refractivity contribution < 1.29 is 14.4 Å². The number of carbonyl (C=O) groups is 3. The molecule has 30 heavy (non-hydrogen) atoms. The van der Waals surface area contributed by atoms with Gasteiger partial charge < -0.3 is 15.5 Å². The second-order valence-electron chi connectivity index (χ2n) is 7.15. The molecule has 152 valence electrons. The molecule has 1 aliphatic carbocycles. The Bertz CT molecular complexity index is 1070. The van der Waals surface area contributed by atoms with Gasteiger partial charge in [-0.2, -0.15) is 0 Å². The fourth-order valence-electron chi connectivity index (χ4n) is 3.06. The number of hydrogen-bond acceptors (Lipinski definition) is 4. The Morgan fingerprint density at radius 3 is 2.20 bits per heavy atom. The molecular weight excluding hydrogens is 398 g/mol. The maximum atomic E-state index is 12.9. The van der Waals surface area contributed by atoms with E-state index in [1.807, 2.05) is 11.4 Å². The molecule has 6 nitrogen and oxygen atoms in total. The summed E-state index contributed by atoms with van der Waals surface area (Å²) < 4.78 is 0. The lowest BCUT2D eigenvalue weighted by molar-refractivity contribution is -0.117. The van der Waals surface area contributed by atoms with Crippen molar-refractivity contribution in [1.82, 2.24) is 0 Å². The first-order chi connectivity index (χ1) is 14.5. The standard InChI is InChI=1S/C23H21N3O3S/c1-26(23(29)20-7-4-14-30-20)19-6-3-2-5-18(19)22(28)25-17-12-10-16(11-13-17)24-21(27)15-8-9-15/h2-7,10-15H,8-9H2,1H3,(H,24,27)(H,25,28). The van der Waals surface area contributed by atoms with Crippen molar-refractivity contribution in [3.8, 4) is 0 Å². The van der Waals surface area contributed by atoms with Crippen molar-refractivity contribution in [2.75, 3.05) is 22.6 Å². The number of nitrogens with zero attached hydrogens (tertiary/aromatic N) is 1. The summed E-state index contributed by atoms with van der Waals surface area (Å²) in [6, 6.07) is 17.6. The molecule has 0 unspecified atom stereocenters. The third-order valence-corrected chi connectivity index (χ3v) is 5.76. The molecule has 7 heteroatoms. The molecule has 0 bridgehead atoms. The fourth-order valence-corrected chi connectivity index (χ4v) is 3.76. The minimum absolute atomic E-state index is 0.0409. The first kappa shape index (κ1) is 19.8. The van der Waals surface area contributed by atoms with Gasteiger partial charge in [0.25, 0.3) is 11.8 Å². The van der Waals surface area contributed by atoms with E-state index in [9.17, 15) is 14.4 Å². The van der Waals surface area contributed by atoms with E-state index in [1.54, 1.807) is 61.6 Å². The molecule has 1 aromatic heterocycles. The number of rotatable bonds is 6. The lowest BCUT2D eigenvalue weighted by Gasteiger charge is -2.20. The number of amides is 3. The van der Waals surface area contributed by atoms with Gasteiger partial charge in [-0.3, -0.25) is 14.4 Å². The molecule has 0 aliphatic heterocycles. The molecule has 1 aliphatic rings. The van der Waals surface area contributed by atoms with E-state index in [-0.39, 0.29) is 23.6 Å². The molecule has 0 atom stereocenters. The molecule has 0 spiro atoms. The quantitative estimate of drug-likeness (QED) is 0.612. The molecule has 1 heterocycles. The lowest BCUT2D eigenvalue weighted by Crippen LogP contribution is -2.28. The largest absolute Gasteiger partial charge is 0.326 e. The first-order valence-corrected chi connectivity index (χ1v) is 10.5. The van der Waals surface area contributed by atoms with Crippen LogP contribution in [0.3, 0.4) is 0 Å². The van der Waals surface area contributed by atoms with Gasteiger partial charge in [0.05, 0.1) is 16.1 Å². The van der Waals surface area contributed by atoms with Gasteiger partial charge in [0, 0.05) is 24.3 Å². The van der Waals surface area contributed by atoms with Crippen LogP contribution in [0.15, 0.2) is 66.0 Å². The van der Waals surface area contributed by atoms with Crippen LogP contribution < -0.4 is 15.5 Å². The Morgan fingerprint density at radius 1 is 0.900 bits per heavy atom. The highest BCUT2D eigenvalue weighted by molar-refractivity contribution is 7.12. The van der Waals surface area contributed by atoms with Crippen LogP contribution in [0, 0.1) is 5.92 Å². The summed E-state index contributed by atoms with van der Waals surface area (Å²) in [5.41, 5.74) is 2.23. The summed E-state index contributed by atoms with van der Waals surface area (Å²) in [6.45, 7) is 0. The molecule has 2 N–H and O–H groups in total. The van der Waals surface area contributed by atoms with Crippen molar-refractivity contribution >= 4 is 46.1 Å². The topological polar surface area (TPSA) is 78.5 Å². The van der Waals surface area contributed by atoms with Crippen molar-refractivity contribution in [2.24, 2.45) is 5.92 Å². The normalized spacial score (nSPS) is 12.8. The SMILES string of the molecule is CN(C(=O)c1cccs1)c1ccccc1C(=O)Nc1ccc(NC(=O)C2CC2)cc1. The number of benzene rings is 2. The zero-order valence-electron chi connectivity index (χ0n) is 16.4. The predicted molar refractivity (Wildman–Crippen MR) is 119 cm³/mol. The third kappa shape index (κ3) is 4.41. The Balaban J connectivity index is 1.47. The van der Waals surface area contributed by atoms with Crippen molar-refractivity contribution in [1.29, 1.82) is 0 Å². The highest BCUT2D eigenvalue weighted by Crippen LogP contribution is 2.30. The molecule has 3 aromatic rings. The van der Waals surface area contributed by atoms with Crippen LogP contribution in [-0.2, 0) is 4.79 Å². The summed E-state index contributed by atoms with van der Waals surface area (Å²) in [5.74, 6) is -0.305. The summed E-state index contributed by atoms with van der Waals surface area (Å²) in [5, 5.41) is 7.57. The second-order valence-corrected chi connectivity index (χ2v) is 8.10. The predicted octanol–water partition coefficient (Wildman–Crippen LogP) is 4.63. The number of hydrogen-bond donors (Lipinski definition) is 2. The second kappa shape index (κ2) is 8.51. The smallest absolute Gasteiger partial charge is 0.268 e. The van der Waals surface area contributed by atoms with Gasteiger partial charge in [-0.1, -0.05) is 18.2 Å². The van der Waals surface area contributed by atoms with Crippen molar-refractivity contribution in [3.63, 3.8) is 0 Å². The lowest BCUT2D eigenvalue weighted by atomic mass is 10.1. The Hall–Kier alpha value is -3.45. The minimum atomic E-state index is -0.314. The van der Waals surface area contributed by atoms with E-state index in [0.717, 1.165) is 12.8 Å². The van der Waals surface area contributed by atoms with Gasteiger partial charge in [-0.25, -0.2) is 0 Å². The molecule has 0 radical (unpaired) electrons. The summed E-state index contributed by atoms with van der Waals surface area (Å²) in [6.07, 6.45) is 1.89. The van der Waals surface area contributed by atoms with E-state index in [2.05, 4.69) is 10.6 Å². The number of anilines is 3. The number of nitrogens with one attached hydrogen (secondary N) is 2. The Morgan fingerprint density at radius 2 is 1.57 bits per heavy atom. The molecule has 0 saturated heterocycles. The minimum Gasteiger partial charge on any atom is -0.326 e. The van der Waals surface area contributed by atoms with E-state index >= 15 is 0 Å². The summed E-state index contributed by atoms with van der Waals surface area (Å²) >= 11 is 1.36. The van der Waals surface area contributed by atoms with Crippen LogP contribution in [0.25, 0.3) is 0 Å². The molecule has 2 aromatic carbocycles. The van der Waals surface area contributed by atoms with Crippen LogP contribution in [-0.4, -0.2) is 24.8 Å². The van der Waals surface area contributed by atoms with Crippen LogP contribution >= 0.6 is 11.3 Å².